The number of nitrogens with one attached hydrogen (secondary N) is 1. The molecule has 2 aromatic carbocycles. The van der Waals surface area contributed by atoms with E-state index < -0.39 is 5.97 Å². The number of nitrogens with zero attached hydrogens (tertiary/aromatic N) is 2. The summed E-state index contributed by atoms with van der Waals surface area (Å²) in [6, 6.07) is 14.3. The quantitative estimate of drug-likeness (QED) is 0.399. The molecule has 30 heavy (non-hydrogen) atoms. The Bertz CT molecular complexity index is 1020. The summed E-state index contributed by atoms with van der Waals surface area (Å²) < 4.78 is 10.7. The van der Waals surface area contributed by atoms with Gasteiger partial charge >= 0.3 is 5.97 Å². The molecule has 0 unspecified atom stereocenters. The highest BCUT2D eigenvalue weighted by Gasteiger charge is 2.15. The van der Waals surface area contributed by atoms with E-state index in [1.165, 1.54) is 12.1 Å². The van der Waals surface area contributed by atoms with Gasteiger partial charge in [0.2, 0.25) is 11.8 Å². The normalized spacial score (nSPS) is 10.8. The van der Waals surface area contributed by atoms with Crippen molar-refractivity contribution < 1.29 is 18.7 Å². The standard InChI is InChI=1S/C21H20ClN3O4S/c1-13(2)28-20(27)15-8-9-16(22)17(11-15)23-18(26)12-30-21-25-24-19(29-21)10-14-6-4-3-5-7-14/h3-9,11,13H,10,12H2,1-2H3,(H,23,26). The number of ether oxygens (including phenoxy) is 1. The third-order valence-electron chi connectivity index (χ3n) is 3.79. The monoisotopic (exact) mass is 445 g/mol. The molecule has 3 rings (SSSR count). The third kappa shape index (κ3) is 6.33. The molecule has 0 spiro atoms. The Labute approximate surface area is 183 Å². The first-order chi connectivity index (χ1) is 14.4. The molecule has 7 nitrogen and oxygen atoms in total. The summed E-state index contributed by atoms with van der Waals surface area (Å²) in [6.45, 7) is 3.52. The maximum atomic E-state index is 12.3. The summed E-state index contributed by atoms with van der Waals surface area (Å²) in [5.74, 6) is -0.282. The van der Waals surface area contributed by atoms with E-state index in [9.17, 15) is 9.59 Å². The number of anilines is 1. The number of carbonyl (C=O) groups excluding carboxylic acids is 2. The van der Waals surface area contributed by atoms with Crippen molar-refractivity contribution in [2.24, 2.45) is 0 Å². The third-order valence-corrected chi connectivity index (χ3v) is 4.94. The fourth-order valence-corrected chi connectivity index (χ4v) is 3.23. The molecule has 9 heteroatoms. The van der Waals surface area contributed by atoms with E-state index >= 15 is 0 Å². The largest absolute Gasteiger partial charge is 0.459 e. The van der Waals surface area contributed by atoms with E-state index in [0.29, 0.717) is 33.8 Å². The van der Waals surface area contributed by atoms with Crippen molar-refractivity contribution in [3.8, 4) is 0 Å². The highest BCUT2D eigenvalue weighted by molar-refractivity contribution is 7.99. The van der Waals surface area contributed by atoms with Gasteiger partial charge < -0.3 is 14.5 Å². The molecule has 1 heterocycles. The Hall–Kier alpha value is -2.84. The van der Waals surface area contributed by atoms with Crippen LogP contribution in [-0.4, -0.2) is 33.9 Å². The van der Waals surface area contributed by atoms with Gasteiger partial charge in [-0.15, -0.1) is 10.2 Å². The van der Waals surface area contributed by atoms with Crippen LogP contribution in [0.15, 0.2) is 58.2 Å². The minimum atomic E-state index is -0.483. The van der Waals surface area contributed by atoms with Gasteiger partial charge in [0.1, 0.15) is 0 Å². The molecule has 0 aliphatic heterocycles. The molecule has 1 N–H and O–H groups in total. The molecule has 1 amide bonds. The van der Waals surface area contributed by atoms with Gasteiger partial charge in [-0.1, -0.05) is 53.7 Å². The van der Waals surface area contributed by atoms with E-state index in [0.717, 1.165) is 17.3 Å². The second-order valence-electron chi connectivity index (χ2n) is 6.61. The van der Waals surface area contributed by atoms with Crippen LogP contribution < -0.4 is 5.32 Å². The van der Waals surface area contributed by atoms with Crippen LogP contribution in [0.3, 0.4) is 0 Å². The van der Waals surface area contributed by atoms with Crippen LogP contribution in [-0.2, 0) is 16.0 Å². The van der Waals surface area contributed by atoms with Crippen LogP contribution in [0, 0.1) is 0 Å². The van der Waals surface area contributed by atoms with Gasteiger partial charge in [-0.05, 0) is 37.6 Å². The predicted octanol–water partition coefficient (Wildman–Crippen LogP) is 4.61. The fourth-order valence-electron chi connectivity index (χ4n) is 2.48. The summed E-state index contributed by atoms with van der Waals surface area (Å²) in [5, 5.41) is 11.3. The van der Waals surface area contributed by atoms with Crippen LogP contribution in [0.25, 0.3) is 0 Å². The zero-order valence-corrected chi connectivity index (χ0v) is 18.0. The lowest BCUT2D eigenvalue weighted by molar-refractivity contribution is -0.113. The molecule has 156 valence electrons. The number of hydrogen-bond acceptors (Lipinski definition) is 7. The lowest BCUT2D eigenvalue weighted by Gasteiger charge is -2.11. The molecular weight excluding hydrogens is 426 g/mol. The molecule has 0 atom stereocenters. The highest BCUT2D eigenvalue weighted by Crippen LogP contribution is 2.25. The molecule has 3 aromatic rings. The molecule has 0 aliphatic carbocycles. The van der Waals surface area contributed by atoms with Gasteiger partial charge in [0.15, 0.2) is 0 Å². The zero-order valence-electron chi connectivity index (χ0n) is 16.4. The molecule has 0 fully saturated rings. The maximum Gasteiger partial charge on any atom is 0.338 e. The van der Waals surface area contributed by atoms with Crippen LogP contribution in [0.1, 0.15) is 35.7 Å². The molecule has 1 aromatic heterocycles. The Kier molecular flexibility index (Phi) is 7.48. The van der Waals surface area contributed by atoms with Gasteiger partial charge in [0.25, 0.3) is 5.22 Å². The van der Waals surface area contributed by atoms with Crippen molar-refractivity contribution in [1.82, 2.24) is 10.2 Å². The van der Waals surface area contributed by atoms with Gasteiger partial charge in [-0.25, -0.2) is 4.79 Å². The van der Waals surface area contributed by atoms with E-state index in [4.69, 9.17) is 20.8 Å². The molecule has 0 saturated heterocycles. The minimum absolute atomic E-state index is 0.0456. The van der Waals surface area contributed by atoms with Crippen molar-refractivity contribution in [1.29, 1.82) is 0 Å². The van der Waals surface area contributed by atoms with E-state index in [-0.39, 0.29) is 17.8 Å². The number of amides is 1. The van der Waals surface area contributed by atoms with Crippen molar-refractivity contribution in [3.63, 3.8) is 0 Å². The Morgan fingerprint density at radius 2 is 1.93 bits per heavy atom. The van der Waals surface area contributed by atoms with Gasteiger partial charge in [0.05, 0.1) is 34.6 Å². The summed E-state index contributed by atoms with van der Waals surface area (Å²) in [7, 11) is 0. The molecular formula is C21H20ClN3O4S. The van der Waals surface area contributed by atoms with Crippen LogP contribution in [0.2, 0.25) is 5.02 Å². The number of halogens is 1. The van der Waals surface area contributed by atoms with Crippen LogP contribution in [0.5, 0.6) is 0 Å². The number of hydrogen-bond donors (Lipinski definition) is 1. The van der Waals surface area contributed by atoms with E-state index in [1.807, 2.05) is 30.3 Å². The summed E-state index contributed by atoms with van der Waals surface area (Å²) >= 11 is 7.25. The smallest absolute Gasteiger partial charge is 0.338 e. The fraction of sp³-hybridized carbons (Fsp3) is 0.238. The SMILES string of the molecule is CC(C)OC(=O)c1ccc(Cl)c(NC(=O)CSc2nnc(Cc3ccccc3)o2)c1. The first-order valence-corrected chi connectivity index (χ1v) is 10.6. The number of benzene rings is 2. The second kappa shape index (κ2) is 10.3. The van der Waals surface area contributed by atoms with Crippen LogP contribution in [0.4, 0.5) is 5.69 Å². The zero-order chi connectivity index (χ0) is 21.5. The van der Waals surface area contributed by atoms with Crippen LogP contribution >= 0.6 is 23.4 Å². The number of esters is 1. The van der Waals surface area contributed by atoms with Crippen molar-refractivity contribution in [2.45, 2.75) is 31.6 Å². The molecule has 0 bridgehead atoms. The Morgan fingerprint density at radius 3 is 2.67 bits per heavy atom. The Balaban J connectivity index is 1.55. The van der Waals surface area contributed by atoms with Gasteiger partial charge in [-0.3, -0.25) is 4.79 Å². The lowest BCUT2D eigenvalue weighted by atomic mass is 10.2. The van der Waals surface area contributed by atoms with Gasteiger partial charge in [0, 0.05) is 0 Å². The number of aromatic nitrogens is 2. The Morgan fingerprint density at radius 1 is 1.17 bits per heavy atom. The molecule has 0 saturated carbocycles. The average Bonchev–Trinajstić information content (AvgIpc) is 3.15. The highest BCUT2D eigenvalue weighted by atomic mass is 35.5. The predicted molar refractivity (Wildman–Crippen MR) is 115 cm³/mol. The molecule has 0 aliphatic rings. The van der Waals surface area contributed by atoms with E-state index in [2.05, 4.69) is 15.5 Å². The van der Waals surface area contributed by atoms with E-state index in [1.54, 1.807) is 19.9 Å². The number of rotatable bonds is 8. The number of carbonyl (C=O) groups is 2. The van der Waals surface area contributed by atoms with Crippen molar-refractivity contribution >= 4 is 40.9 Å². The first kappa shape index (κ1) is 21.9. The molecule has 0 radical (unpaired) electrons. The summed E-state index contributed by atoms with van der Waals surface area (Å²) in [4.78, 5) is 24.3. The summed E-state index contributed by atoms with van der Waals surface area (Å²) in [6.07, 6.45) is 0.277. The van der Waals surface area contributed by atoms with Crippen molar-refractivity contribution in [2.75, 3.05) is 11.1 Å². The topological polar surface area (TPSA) is 94.3 Å². The minimum Gasteiger partial charge on any atom is -0.459 e. The summed E-state index contributed by atoms with van der Waals surface area (Å²) in [5.41, 5.74) is 1.69. The average molecular weight is 446 g/mol. The number of thioether (sulfide) groups is 1. The van der Waals surface area contributed by atoms with Crippen molar-refractivity contribution in [3.05, 3.63) is 70.6 Å². The van der Waals surface area contributed by atoms with Gasteiger partial charge in [-0.2, -0.15) is 0 Å². The first-order valence-electron chi connectivity index (χ1n) is 9.20. The lowest BCUT2D eigenvalue weighted by Crippen LogP contribution is -2.16. The maximum absolute atomic E-state index is 12.3. The second-order valence-corrected chi connectivity index (χ2v) is 7.94.